The summed E-state index contributed by atoms with van der Waals surface area (Å²) in [5, 5.41) is 3.43. The van der Waals surface area contributed by atoms with E-state index >= 15 is 0 Å². The lowest BCUT2D eigenvalue weighted by Gasteiger charge is -2.03. The third-order valence-corrected chi connectivity index (χ3v) is 2.56. The first kappa shape index (κ1) is 8.79. The van der Waals surface area contributed by atoms with E-state index in [1.54, 1.807) is 0 Å². The molecule has 0 amide bonds. The molecule has 0 aromatic heterocycles. The van der Waals surface area contributed by atoms with Gasteiger partial charge in [0.2, 0.25) is 0 Å². The number of hydrogen-bond acceptors (Lipinski definition) is 1. The van der Waals surface area contributed by atoms with Crippen LogP contribution in [-0.2, 0) is 0 Å². The van der Waals surface area contributed by atoms with Crippen molar-refractivity contribution in [3.8, 4) is 0 Å². The van der Waals surface area contributed by atoms with E-state index in [-0.39, 0.29) is 0 Å². The Hall–Kier alpha value is -0.300. The maximum atomic E-state index is 3.95. The second-order valence-corrected chi connectivity index (χ2v) is 3.71. The molecule has 0 radical (unpaired) electrons. The van der Waals surface area contributed by atoms with Crippen molar-refractivity contribution in [3.63, 3.8) is 0 Å². The Morgan fingerprint density at radius 3 is 2.73 bits per heavy atom. The van der Waals surface area contributed by atoms with Gasteiger partial charge in [0.1, 0.15) is 0 Å². The molecular formula is C10H19N. The van der Waals surface area contributed by atoms with Crippen molar-refractivity contribution in [2.75, 3.05) is 13.1 Å². The highest BCUT2D eigenvalue weighted by Gasteiger charge is 2.31. The number of rotatable bonds is 5. The third-order valence-electron chi connectivity index (χ3n) is 2.56. The summed E-state index contributed by atoms with van der Waals surface area (Å²) in [6.07, 6.45) is 2.53. The SMILES string of the molecule is C=C(CC)CNCC1CC1C. The maximum absolute atomic E-state index is 3.95. The van der Waals surface area contributed by atoms with Crippen molar-refractivity contribution < 1.29 is 0 Å². The molecule has 0 aromatic rings. The zero-order chi connectivity index (χ0) is 8.27. The normalized spacial score (nSPS) is 28.5. The van der Waals surface area contributed by atoms with Crippen molar-refractivity contribution in [3.05, 3.63) is 12.2 Å². The largest absolute Gasteiger partial charge is 0.313 e. The van der Waals surface area contributed by atoms with Gasteiger partial charge in [0.05, 0.1) is 0 Å². The minimum Gasteiger partial charge on any atom is -0.313 e. The van der Waals surface area contributed by atoms with Crippen LogP contribution in [0.15, 0.2) is 12.2 Å². The Bertz CT molecular complexity index is 140. The summed E-state index contributed by atoms with van der Waals surface area (Å²) in [6, 6.07) is 0. The Morgan fingerprint density at radius 2 is 2.27 bits per heavy atom. The molecule has 1 heteroatoms. The zero-order valence-corrected chi connectivity index (χ0v) is 7.69. The summed E-state index contributed by atoms with van der Waals surface area (Å²) in [6.45, 7) is 10.6. The second-order valence-electron chi connectivity index (χ2n) is 3.71. The highest BCUT2D eigenvalue weighted by atomic mass is 14.9. The van der Waals surface area contributed by atoms with Gasteiger partial charge in [-0.25, -0.2) is 0 Å². The summed E-state index contributed by atoms with van der Waals surface area (Å²) in [7, 11) is 0. The quantitative estimate of drug-likeness (QED) is 0.597. The van der Waals surface area contributed by atoms with Gasteiger partial charge in [-0.2, -0.15) is 0 Å². The molecule has 0 saturated heterocycles. The van der Waals surface area contributed by atoms with Crippen molar-refractivity contribution in [2.24, 2.45) is 11.8 Å². The molecule has 0 bridgehead atoms. The Balaban J connectivity index is 1.92. The van der Waals surface area contributed by atoms with E-state index < -0.39 is 0 Å². The zero-order valence-electron chi connectivity index (χ0n) is 7.69. The van der Waals surface area contributed by atoms with Gasteiger partial charge in [0, 0.05) is 6.54 Å². The lowest BCUT2D eigenvalue weighted by atomic mass is 10.2. The molecule has 2 unspecified atom stereocenters. The van der Waals surface area contributed by atoms with Crippen LogP contribution >= 0.6 is 0 Å². The summed E-state index contributed by atoms with van der Waals surface area (Å²) < 4.78 is 0. The summed E-state index contributed by atoms with van der Waals surface area (Å²) in [4.78, 5) is 0. The lowest BCUT2D eigenvalue weighted by Crippen LogP contribution is -2.19. The van der Waals surface area contributed by atoms with E-state index in [1.165, 1.54) is 18.5 Å². The van der Waals surface area contributed by atoms with E-state index in [4.69, 9.17) is 0 Å². The predicted octanol–water partition coefficient (Wildman–Crippen LogP) is 2.20. The van der Waals surface area contributed by atoms with E-state index in [2.05, 4.69) is 25.7 Å². The molecule has 1 aliphatic carbocycles. The molecule has 1 saturated carbocycles. The molecule has 11 heavy (non-hydrogen) atoms. The van der Waals surface area contributed by atoms with Crippen molar-refractivity contribution in [2.45, 2.75) is 26.7 Å². The molecule has 0 spiro atoms. The van der Waals surface area contributed by atoms with Gasteiger partial charge >= 0.3 is 0 Å². The summed E-state index contributed by atoms with van der Waals surface area (Å²) >= 11 is 0. The monoisotopic (exact) mass is 153 g/mol. The third kappa shape index (κ3) is 3.06. The van der Waals surface area contributed by atoms with Gasteiger partial charge in [0.25, 0.3) is 0 Å². The minimum absolute atomic E-state index is 0.958. The van der Waals surface area contributed by atoms with Crippen LogP contribution < -0.4 is 5.32 Å². The molecule has 1 fully saturated rings. The van der Waals surface area contributed by atoms with Gasteiger partial charge in [-0.05, 0) is 31.2 Å². The average molecular weight is 153 g/mol. The average Bonchev–Trinajstić information content (AvgIpc) is 2.66. The number of hydrogen-bond donors (Lipinski definition) is 1. The van der Waals surface area contributed by atoms with E-state index in [1.807, 2.05) is 0 Å². The maximum Gasteiger partial charge on any atom is 0.0161 e. The molecule has 1 aliphatic rings. The summed E-state index contributed by atoms with van der Waals surface area (Å²) in [5.41, 5.74) is 1.32. The van der Waals surface area contributed by atoms with Crippen molar-refractivity contribution in [1.29, 1.82) is 0 Å². The fourth-order valence-electron chi connectivity index (χ4n) is 1.24. The van der Waals surface area contributed by atoms with Crippen LogP contribution in [0.3, 0.4) is 0 Å². The fourth-order valence-corrected chi connectivity index (χ4v) is 1.24. The van der Waals surface area contributed by atoms with Gasteiger partial charge in [-0.1, -0.05) is 26.0 Å². The molecule has 64 valence electrons. The van der Waals surface area contributed by atoms with E-state index in [9.17, 15) is 0 Å². The van der Waals surface area contributed by atoms with Crippen LogP contribution in [0.25, 0.3) is 0 Å². The second kappa shape index (κ2) is 3.91. The molecule has 1 nitrogen and oxygen atoms in total. The Morgan fingerprint density at radius 1 is 1.64 bits per heavy atom. The topological polar surface area (TPSA) is 12.0 Å². The van der Waals surface area contributed by atoms with Crippen molar-refractivity contribution in [1.82, 2.24) is 5.32 Å². The van der Waals surface area contributed by atoms with Crippen LogP contribution in [0.1, 0.15) is 26.7 Å². The van der Waals surface area contributed by atoms with Gasteiger partial charge in [-0.15, -0.1) is 0 Å². The molecule has 1 rings (SSSR count). The molecule has 0 heterocycles. The Labute approximate surface area is 69.9 Å². The molecule has 1 N–H and O–H groups in total. The summed E-state index contributed by atoms with van der Waals surface area (Å²) in [5.74, 6) is 1.93. The molecular weight excluding hydrogens is 134 g/mol. The van der Waals surface area contributed by atoms with Crippen LogP contribution in [0, 0.1) is 11.8 Å². The molecule has 0 aromatic carbocycles. The highest BCUT2D eigenvalue weighted by molar-refractivity contribution is 4.96. The minimum atomic E-state index is 0.958. The van der Waals surface area contributed by atoms with Crippen LogP contribution in [-0.4, -0.2) is 13.1 Å². The van der Waals surface area contributed by atoms with Gasteiger partial charge in [-0.3, -0.25) is 0 Å². The van der Waals surface area contributed by atoms with Gasteiger partial charge < -0.3 is 5.32 Å². The first-order valence-corrected chi connectivity index (χ1v) is 4.61. The van der Waals surface area contributed by atoms with Crippen molar-refractivity contribution >= 4 is 0 Å². The Kier molecular flexibility index (Phi) is 3.13. The van der Waals surface area contributed by atoms with Crippen LogP contribution in [0.4, 0.5) is 0 Å². The van der Waals surface area contributed by atoms with Gasteiger partial charge in [0.15, 0.2) is 0 Å². The number of nitrogens with one attached hydrogen (secondary N) is 1. The van der Waals surface area contributed by atoms with E-state index in [0.717, 1.165) is 24.8 Å². The first-order valence-electron chi connectivity index (χ1n) is 4.61. The predicted molar refractivity (Wildman–Crippen MR) is 49.6 cm³/mol. The molecule has 2 atom stereocenters. The van der Waals surface area contributed by atoms with Crippen LogP contribution in [0.2, 0.25) is 0 Å². The standard InChI is InChI=1S/C10H19N/c1-4-8(2)6-11-7-10-5-9(10)3/h9-11H,2,4-7H2,1,3H3. The first-order chi connectivity index (χ1) is 5.24. The fraction of sp³-hybridized carbons (Fsp3) is 0.800. The molecule has 0 aliphatic heterocycles. The highest BCUT2D eigenvalue weighted by Crippen LogP contribution is 2.36. The van der Waals surface area contributed by atoms with E-state index in [0.29, 0.717) is 0 Å². The lowest BCUT2D eigenvalue weighted by molar-refractivity contribution is 0.634. The van der Waals surface area contributed by atoms with Crippen LogP contribution in [0.5, 0.6) is 0 Å². The smallest absolute Gasteiger partial charge is 0.0161 e.